The summed E-state index contributed by atoms with van der Waals surface area (Å²) in [5, 5.41) is 9.03. The Morgan fingerprint density at radius 2 is 2.06 bits per heavy atom. The topological polar surface area (TPSA) is 46.5 Å². The molecule has 0 fully saturated rings. The van der Waals surface area contributed by atoms with Crippen LogP contribution in [0.2, 0.25) is 0 Å². The van der Waals surface area contributed by atoms with E-state index in [0.717, 1.165) is 11.3 Å². The first-order valence-corrected chi connectivity index (χ1v) is 6.49. The number of aromatic carboxylic acids is 1. The van der Waals surface area contributed by atoms with Crippen molar-refractivity contribution in [3.05, 3.63) is 51.7 Å². The van der Waals surface area contributed by atoms with E-state index in [1.807, 2.05) is 37.3 Å². The van der Waals surface area contributed by atoms with Gasteiger partial charge in [-0.15, -0.1) is 11.3 Å². The van der Waals surface area contributed by atoms with Crippen molar-refractivity contribution < 1.29 is 14.6 Å². The van der Waals surface area contributed by atoms with Crippen molar-refractivity contribution in [2.45, 2.75) is 13.3 Å². The van der Waals surface area contributed by atoms with Gasteiger partial charge in [-0.05, 0) is 18.6 Å². The molecule has 94 valence electrons. The Labute approximate surface area is 110 Å². The van der Waals surface area contributed by atoms with Gasteiger partial charge in [0, 0.05) is 11.3 Å². The van der Waals surface area contributed by atoms with Crippen LogP contribution < -0.4 is 4.74 Å². The molecule has 4 heteroatoms. The molecule has 0 bridgehead atoms. The number of hydrogen-bond acceptors (Lipinski definition) is 3. The Hall–Kier alpha value is -1.81. The van der Waals surface area contributed by atoms with Gasteiger partial charge in [0.2, 0.25) is 0 Å². The predicted octanol–water partition coefficient (Wildman–Crippen LogP) is 3.38. The van der Waals surface area contributed by atoms with Crippen LogP contribution in [0.3, 0.4) is 0 Å². The number of ether oxygens (including phenoxy) is 1. The number of benzene rings is 1. The zero-order chi connectivity index (χ0) is 13.0. The molecule has 0 radical (unpaired) electrons. The summed E-state index contributed by atoms with van der Waals surface area (Å²) in [5.74, 6) is -0.455. The van der Waals surface area contributed by atoms with E-state index in [1.54, 1.807) is 6.07 Å². The van der Waals surface area contributed by atoms with Gasteiger partial charge in [-0.2, -0.15) is 0 Å². The minimum atomic E-state index is -0.928. The summed E-state index contributed by atoms with van der Waals surface area (Å²) in [7, 11) is 0. The molecular weight excluding hydrogens is 248 g/mol. The van der Waals surface area contributed by atoms with Gasteiger partial charge in [0.05, 0.1) is 6.61 Å². The Balaban J connectivity index is 1.96. The van der Waals surface area contributed by atoms with Crippen LogP contribution in [-0.2, 0) is 6.42 Å². The van der Waals surface area contributed by atoms with Crippen LogP contribution in [0.25, 0.3) is 0 Å². The normalized spacial score (nSPS) is 10.3. The lowest BCUT2D eigenvalue weighted by molar-refractivity contribution is 0.0698. The molecule has 1 N–H and O–H groups in total. The molecular formula is C14H14O3S. The Morgan fingerprint density at radius 3 is 2.72 bits per heavy atom. The van der Waals surface area contributed by atoms with Gasteiger partial charge in [-0.1, -0.05) is 30.3 Å². The molecule has 0 saturated carbocycles. The van der Waals surface area contributed by atoms with E-state index < -0.39 is 5.97 Å². The lowest BCUT2D eigenvalue weighted by Crippen LogP contribution is -2.03. The van der Waals surface area contributed by atoms with E-state index in [2.05, 4.69) is 0 Å². The number of carbonyl (C=O) groups is 1. The summed E-state index contributed by atoms with van der Waals surface area (Å²) in [4.78, 5) is 12.2. The summed E-state index contributed by atoms with van der Waals surface area (Å²) in [5.41, 5.74) is 1.18. The van der Waals surface area contributed by atoms with Crippen molar-refractivity contribution in [3.63, 3.8) is 0 Å². The van der Waals surface area contributed by atoms with Crippen LogP contribution in [-0.4, -0.2) is 17.7 Å². The van der Waals surface area contributed by atoms with Crippen molar-refractivity contribution >= 4 is 17.3 Å². The molecule has 1 aromatic carbocycles. The molecule has 1 aromatic heterocycles. The van der Waals surface area contributed by atoms with E-state index in [-0.39, 0.29) is 4.88 Å². The Bertz CT molecular complexity index is 531. The molecule has 2 aromatic rings. The fraction of sp³-hybridized carbons (Fsp3) is 0.214. The van der Waals surface area contributed by atoms with E-state index in [0.29, 0.717) is 12.4 Å². The molecule has 18 heavy (non-hydrogen) atoms. The van der Waals surface area contributed by atoms with Crippen molar-refractivity contribution in [3.8, 4) is 5.75 Å². The molecule has 0 aliphatic heterocycles. The van der Waals surface area contributed by atoms with Gasteiger partial charge < -0.3 is 9.84 Å². The summed E-state index contributed by atoms with van der Waals surface area (Å²) in [6.07, 6.45) is 0.773. The third-order valence-electron chi connectivity index (χ3n) is 2.51. The second kappa shape index (κ2) is 5.69. The average molecular weight is 262 g/mol. The smallest absolute Gasteiger partial charge is 0.349 e. The second-order valence-corrected chi connectivity index (χ2v) is 5.20. The molecule has 0 saturated heterocycles. The van der Waals surface area contributed by atoms with Gasteiger partial charge in [0.1, 0.15) is 5.75 Å². The van der Waals surface area contributed by atoms with E-state index in [4.69, 9.17) is 9.84 Å². The first-order chi connectivity index (χ1) is 8.66. The molecule has 0 amide bonds. The van der Waals surface area contributed by atoms with E-state index >= 15 is 0 Å². The first-order valence-electron chi connectivity index (χ1n) is 5.67. The van der Waals surface area contributed by atoms with Crippen LogP contribution >= 0.6 is 11.3 Å². The van der Waals surface area contributed by atoms with E-state index in [1.165, 1.54) is 16.9 Å². The SMILES string of the molecule is Cc1cc(OCCc2ccccc2)c(C(=O)O)s1. The maximum absolute atomic E-state index is 11.0. The van der Waals surface area contributed by atoms with Crippen LogP contribution in [0, 0.1) is 6.92 Å². The summed E-state index contributed by atoms with van der Waals surface area (Å²) in [6, 6.07) is 11.8. The third kappa shape index (κ3) is 3.11. The minimum absolute atomic E-state index is 0.278. The number of carboxylic acids is 1. The van der Waals surface area contributed by atoms with Crippen LogP contribution in [0.15, 0.2) is 36.4 Å². The summed E-state index contributed by atoms with van der Waals surface area (Å²) < 4.78 is 5.55. The van der Waals surface area contributed by atoms with Crippen molar-refractivity contribution in [1.82, 2.24) is 0 Å². The minimum Gasteiger partial charge on any atom is -0.491 e. The second-order valence-electron chi connectivity index (χ2n) is 3.94. The lowest BCUT2D eigenvalue weighted by atomic mass is 10.2. The van der Waals surface area contributed by atoms with Crippen LogP contribution in [0.5, 0.6) is 5.75 Å². The van der Waals surface area contributed by atoms with Gasteiger partial charge in [-0.3, -0.25) is 0 Å². The van der Waals surface area contributed by atoms with Crippen molar-refractivity contribution in [1.29, 1.82) is 0 Å². The molecule has 0 spiro atoms. The monoisotopic (exact) mass is 262 g/mol. The van der Waals surface area contributed by atoms with Crippen molar-refractivity contribution in [2.75, 3.05) is 6.61 Å². The summed E-state index contributed by atoms with van der Waals surface area (Å²) in [6.45, 7) is 2.36. The highest BCUT2D eigenvalue weighted by Gasteiger charge is 2.14. The average Bonchev–Trinajstić information content (AvgIpc) is 2.72. The first kappa shape index (κ1) is 12.6. The fourth-order valence-corrected chi connectivity index (χ4v) is 2.46. The number of aryl methyl sites for hydroxylation is 1. The number of thiophene rings is 1. The predicted molar refractivity (Wildman–Crippen MR) is 71.7 cm³/mol. The standard InChI is InChI=1S/C14H14O3S/c1-10-9-12(13(18-10)14(15)16)17-8-7-11-5-3-2-4-6-11/h2-6,9H,7-8H2,1H3,(H,15,16). The number of rotatable bonds is 5. The van der Waals surface area contributed by atoms with Gasteiger partial charge in [0.15, 0.2) is 4.88 Å². The zero-order valence-corrected chi connectivity index (χ0v) is 10.9. The highest BCUT2D eigenvalue weighted by atomic mass is 32.1. The highest BCUT2D eigenvalue weighted by molar-refractivity contribution is 7.14. The fourth-order valence-electron chi connectivity index (χ4n) is 1.67. The zero-order valence-electron chi connectivity index (χ0n) is 10.1. The number of carboxylic acid groups (broad SMARTS) is 1. The van der Waals surface area contributed by atoms with Gasteiger partial charge in [-0.25, -0.2) is 4.79 Å². The Morgan fingerprint density at radius 1 is 1.33 bits per heavy atom. The van der Waals surface area contributed by atoms with Crippen molar-refractivity contribution in [2.24, 2.45) is 0 Å². The third-order valence-corrected chi connectivity index (χ3v) is 3.53. The maximum Gasteiger partial charge on any atom is 0.349 e. The van der Waals surface area contributed by atoms with Crippen LogP contribution in [0.1, 0.15) is 20.1 Å². The highest BCUT2D eigenvalue weighted by Crippen LogP contribution is 2.28. The molecule has 3 nitrogen and oxygen atoms in total. The lowest BCUT2D eigenvalue weighted by Gasteiger charge is -2.05. The van der Waals surface area contributed by atoms with Crippen LogP contribution in [0.4, 0.5) is 0 Å². The quantitative estimate of drug-likeness (QED) is 0.898. The van der Waals surface area contributed by atoms with Gasteiger partial charge >= 0.3 is 5.97 Å². The van der Waals surface area contributed by atoms with E-state index in [9.17, 15) is 4.79 Å². The number of hydrogen-bond donors (Lipinski definition) is 1. The molecule has 1 heterocycles. The molecule has 0 aliphatic rings. The largest absolute Gasteiger partial charge is 0.491 e. The summed E-state index contributed by atoms with van der Waals surface area (Å²) >= 11 is 1.24. The molecule has 0 unspecified atom stereocenters. The molecule has 2 rings (SSSR count). The molecule has 0 atom stereocenters. The Kier molecular flexibility index (Phi) is 3.99. The maximum atomic E-state index is 11.0. The van der Waals surface area contributed by atoms with Gasteiger partial charge in [0.25, 0.3) is 0 Å². The molecule has 0 aliphatic carbocycles.